The number of benzene rings is 1. The zero-order chi connectivity index (χ0) is 17.5. The molecule has 132 valence electrons. The second-order valence-electron chi connectivity index (χ2n) is 4.68. The fourth-order valence-electron chi connectivity index (χ4n) is 2.40. The van der Waals surface area contributed by atoms with Gasteiger partial charge in [-0.1, -0.05) is 6.07 Å². The van der Waals surface area contributed by atoms with Gasteiger partial charge in [-0.15, -0.1) is 0 Å². The van der Waals surface area contributed by atoms with Gasteiger partial charge in [0.1, 0.15) is 5.75 Å². The Morgan fingerprint density at radius 1 is 0.739 bits per heavy atom. The molecule has 0 aromatic heterocycles. The first-order valence-electron chi connectivity index (χ1n) is 6.98. The zero-order valence-corrected chi connectivity index (χ0v) is 16.8. The van der Waals surface area contributed by atoms with E-state index in [1.54, 1.807) is 49.8 Å². The summed E-state index contributed by atoms with van der Waals surface area (Å²) in [6.45, 7) is 0. The number of hydrogen-bond donors (Lipinski definition) is 0. The molecule has 0 heterocycles. The maximum Gasteiger partial charge on any atom is 0.540 e. The van der Waals surface area contributed by atoms with E-state index in [1.165, 1.54) is 0 Å². The molecular formula is C14H26O7Si2. The lowest BCUT2D eigenvalue weighted by atomic mass is 10.2. The van der Waals surface area contributed by atoms with Crippen molar-refractivity contribution in [3.05, 3.63) is 23.8 Å². The number of methoxy groups -OCH3 is 1. The van der Waals surface area contributed by atoms with Gasteiger partial charge in [0.15, 0.2) is 0 Å². The lowest BCUT2D eigenvalue weighted by Gasteiger charge is -2.28. The van der Waals surface area contributed by atoms with Gasteiger partial charge in [0.2, 0.25) is 0 Å². The molecule has 0 aliphatic carbocycles. The third-order valence-corrected chi connectivity index (χ3v) is 9.12. The van der Waals surface area contributed by atoms with E-state index in [0.717, 1.165) is 10.8 Å². The highest BCUT2D eigenvalue weighted by atomic mass is 28.4. The number of ether oxygens (including phenoxy) is 1. The second kappa shape index (κ2) is 8.90. The Labute approximate surface area is 140 Å². The molecule has 9 heteroatoms. The smallest absolute Gasteiger partial charge is 0.497 e. The first-order chi connectivity index (χ1) is 11.0. The molecule has 1 rings (SSSR count). The summed E-state index contributed by atoms with van der Waals surface area (Å²) in [5.41, 5.74) is 0.959. The highest BCUT2D eigenvalue weighted by Crippen LogP contribution is 2.21. The van der Waals surface area contributed by atoms with Gasteiger partial charge in [0.05, 0.1) is 12.3 Å². The van der Waals surface area contributed by atoms with Crippen LogP contribution in [0.25, 0.3) is 0 Å². The molecular weight excluding hydrogens is 336 g/mol. The van der Waals surface area contributed by atoms with Crippen molar-refractivity contribution in [3.8, 4) is 5.75 Å². The molecule has 0 atom stereocenters. The van der Waals surface area contributed by atoms with Crippen LogP contribution in [-0.2, 0) is 32.6 Å². The Balaban J connectivity index is 3.32. The molecule has 1 aromatic carbocycles. The molecule has 0 amide bonds. The molecule has 1 aromatic rings. The summed E-state index contributed by atoms with van der Waals surface area (Å²) in [5.74, 6) is 0.644. The maximum absolute atomic E-state index is 5.56. The van der Waals surface area contributed by atoms with Crippen molar-refractivity contribution in [2.75, 3.05) is 49.8 Å². The third-order valence-electron chi connectivity index (χ3n) is 3.75. The van der Waals surface area contributed by atoms with Gasteiger partial charge in [-0.05, 0) is 17.7 Å². The minimum Gasteiger partial charge on any atom is -0.497 e. The summed E-state index contributed by atoms with van der Waals surface area (Å²) in [4.78, 5) is 0. The largest absolute Gasteiger partial charge is 0.540 e. The average molecular weight is 363 g/mol. The average Bonchev–Trinajstić information content (AvgIpc) is 2.62. The van der Waals surface area contributed by atoms with Crippen molar-refractivity contribution < 1.29 is 31.3 Å². The quantitative estimate of drug-likeness (QED) is 0.569. The van der Waals surface area contributed by atoms with Crippen LogP contribution in [0, 0.1) is 0 Å². The summed E-state index contributed by atoms with van der Waals surface area (Å²) >= 11 is 0. The monoisotopic (exact) mass is 362 g/mol. The molecule has 0 aliphatic rings. The van der Waals surface area contributed by atoms with E-state index in [9.17, 15) is 0 Å². The van der Waals surface area contributed by atoms with Crippen molar-refractivity contribution in [1.82, 2.24) is 0 Å². The predicted octanol–water partition coefficient (Wildman–Crippen LogP) is 0.740. The van der Waals surface area contributed by atoms with Crippen LogP contribution >= 0.6 is 0 Å². The molecule has 0 saturated carbocycles. The molecule has 0 saturated heterocycles. The van der Waals surface area contributed by atoms with E-state index < -0.39 is 17.6 Å². The van der Waals surface area contributed by atoms with Crippen LogP contribution in [-0.4, -0.2) is 67.4 Å². The van der Waals surface area contributed by atoms with Gasteiger partial charge in [-0.2, -0.15) is 0 Å². The molecule has 0 radical (unpaired) electrons. The van der Waals surface area contributed by atoms with Gasteiger partial charge < -0.3 is 31.3 Å². The van der Waals surface area contributed by atoms with Crippen molar-refractivity contribution >= 4 is 22.8 Å². The molecule has 0 N–H and O–H groups in total. The molecule has 0 spiro atoms. The van der Waals surface area contributed by atoms with E-state index in [4.69, 9.17) is 31.3 Å². The van der Waals surface area contributed by atoms with Gasteiger partial charge in [-0.3, -0.25) is 0 Å². The van der Waals surface area contributed by atoms with Crippen LogP contribution < -0.4 is 9.92 Å². The van der Waals surface area contributed by atoms with E-state index in [-0.39, 0.29) is 0 Å². The van der Waals surface area contributed by atoms with Crippen molar-refractivity contribution in [3.63, 3.8) is 0 Å². The lowest BCUT2D eigenvalue weighted by molar-refractivity contribution is 0.122. The van der Waals surface area contributed by atoms with E-state index in [1.807, 2.05) is 18.2 Å². The topological polar surface area (TPSA) is 64.6 Å². The Morgan fingerprint density at radius 2 is 1.26 bits per heavy atom. The lowest BCUT2D eigenvalue weighted by Crippen LogP contribution is -2.55. The van der Waals surface area contributed by atoms with Crippen LogP contribution in [0.3, 0.4) is 0 Å². The number of hydrogen-bond acceptors (Lipinski definition) is 7. The van der Waals surface area contributed by atoms with E-state index in [0.29, 0.717) is 11.8 Å². The van der Waals surface area contributed by atoms with Gasteiger partial charge in [0.25, 0.3) is 0 Å². The number of rotatable bonds is 10. The second-order valence-corrected chi connectivity index (χ2v) is 10.5. The summed E-state index contributed by atoms with van der Waals surface area (Å²) in [7, 11) is 5.25. The van der Waals surface area contributed by atoms with Crippen molar-refractivity contribution in [1.29, 1.82) is 0 Å². The van der Waals surface area contributed by atoms with E-state index >= 15 is 0 Å². The first-order valence-corrected chi connectivity index (χ1v) is 10.6. The predicted molar refractivity (Wildman–Crippen MR) is 89.9 cm³/mol. The first kappa shape index (κ1) is 20.3. The van der Waals surface area contributed by atoms with Crippen LogP contribution in [0.15, 0.2) is 18.2 Å². The minimum absolute atomic E-state index is 0.509. The van der Waals surface area contributed by atoms with Gasteiger partial charge in [0, 0.05) is 48.7 Å². The molecule has 0 unspecified atom stereocenters. The Hall–Kier alpha value is -0.786. The summed E-state index contributed by atoms with van der Waals surface area (Å²) in [6, 6.07) is 6.22. The van der Waals surface area contributed by atoms with Gasteiger partial charge in [-0.25, -0.2) is 0 Å². The van der Waals surface area contributed by atoms with Crippen molar-refractivity contribution in [2.24, 2.45) is 0 Å². The fourth-order valence-corrected chi connectivity index (χ4v) is 6.06. The normalized spacial score (nSPS) is 12.5. The molecule has 7 nitrogen and oxygen atoms in total. The Kier molecular flexibility index (Phi) is 7.84. The fraction of sp³-hybridized carbons (Fsp3) is 0.571. The maximum atomic E-state index is 5.56. The van der Waals surface area contributed by atoms with Crippen molar-refractivity contribution in [2.45, 2.75) is 6.04 Å². The van der Waals surface area contributed by atoms with Gasteiger partial charge >= 0.3 is 17.6 Å². The molecule has 0 bridgehead atoms. The Bertz CT molecular complexity index is 473. The summed E-state index contributed by atoms with van der Waals surface area (Å²) in [5, 5.41) is 0.746. The highest BCUT2D eigenvalue weighted by molar-refractivity contribution is 6.76. The molecule has 0 aliphatic heterocycles. The SMILES string of the molecule is COc1ccc(C[Si](OC)(OC)OC)cc1[Si](OC)(OC)OC. The molecule has 0 fully saturated rings. The van der Waals surface area contributed by atoms with Crippen LogP contribution in [0.4, 0.5) is 0 Å². The molecule has 23 heavy (non-hydrogen) atoms. The zero-order valence-electron chi connectivity index (χ0n) is 14.8. The minimum atomic E-state index is -3.03. The van der Waals surface area contributed by atoms with Crippen LogP contribution in [0.5, 0.6) is 5.75 Å². The standard InChI is InChI=1S/C14H26O7Si2/c1-15-13-9-8-12(11-22(16-2,17-3)18-4)10-14(13)23(19-5,20-6)21-7/h8-10H,11H2,1-7H3. The van der Waals surface area contributed by atoms with E-state index in [2.05, 4.69) is 0 Å². The third kappa shape index (κ3) is 4.19. The summed E-state index contributed by atoms with van der Waals surface area (Å²) in [6.07, 6.45) is 0. The highest BCUT2D eigenvalue weighted by Gasteiger charge is 2.45. The summed E-state index contributed by atoms with van der Waals surface area (Å²) < 4.78 is 38.6. The Morgan fingerprint density at radius 3 is 1.65 bits per heavy atom. The van der Waals surface area contributed by atoms with Crippen LogP contribution in [0.2, 0.25) is 0 Å². The van der Waals surface area contributed by atoms with Crippen LogP contribution in [0.1, 0.15) is 5.56 Å².